The van der Waals surface area contributed by atoms with Gasteiger partial charge in [0.1, 0.15) is 74.0 Å². The van der Waals surface area contributed by atoms with E-state index in [1.807, 2.05) is 177 Å². The second-order valence-corrected chi connectivity index (χ2v) is 44.4. The largest absolute Gasteiger partial charge is 0.466 e. The summed E-state index contributed by atoms with van der Waals surface area (Å²) < 4.78 is 33.4. The molecule has 4 aliphatic rings. The van der Waals surface area contributed by atoms with E-state index < -0.39 is 5.82 Å². The number of thioether (sulfide) groups is 1. The van der Waals surface area contributed by atoms with Crippen LogP contribution in [0.1, 0.15) is 259 Å². The first-order valence-corrected chi connectivity index (χ1v) is 54.2. The average molecular weight is 2080 g/mol. The van der Waals surface area contributed by atoms with Crippen LogP contribution in [-0.4, -0.2) is 166 Å². The molecule has 0 aliphatic heterocycles. The number of fused-ring (bicyclic) bond motifs is 5. The maximum Gasteiger partial charge on any atom is 0.264 e. The number of pyridine rings is 5. The van der Waals surface area contributed by atoms with Crippen LogP contribution >= 0.6 is 57.0 Å². The van der Waals surface area contributed by atoms with Gasteiger partial charge in [-0.2, -0.15) is 0 Å². The SMILES string of the molecule is CCCCCN(Cc1nc2cccnc2n1CC1CC1)C(=O)c1cc(C)sc1C.CCCn1c(CN(CCC(C)C)C(=O)c2cccc(C)c2F)nc2cccnc21.CN(Cc1nc2cccnc2n1CC1CC1)C(=O)c1cccc(I)c1.CSc1ccc(C(=O)N(CCC(C)C)Cc2nc3cccnc3n2CC2CC2)s1.Cc1cc(C(=O)N(CCC(C)C)Cc2nc3cccnc3n2CC2CC2)c(C)o1. The fourth-order valence-electron chi connectivity index (χ4n) is 17.4. The van der Waals surface area contributed by atoms with Crippen LogP contribution in [-0.2, 0) is 65.4 Å². The Morgan fingerprint density at radius 3 is 1.21 bits per heavy atom. The van der Waals surface area contributed by atoms with Crippen LogP contribution in [0.25, 0.3) is 55.8 Å². The number of amides is 5. The van der Waals surface area contributed by atoms with Gasteiger partial charge in [0.25, 0.3) is 29.5 Å². The third-order valence-electron chi connectivity index (χ3n) is 26.1. The van der Waals surface area contributed by atoms with Crippen molar-refractivity contribution in [3.05, 3.63) is 251 Å². The molecule has 15 aromatic rings. The third-order valence-corrected chi connectivity index (χ3v) is 29.9. The molecule has 0 unspecified atom stereocenters. The van der Waals surface area contributed by atoms with Crippen molar-refractivity contribution >= 4 is 142 Å². The summed E-state index contributed by atoms with van der Waals surface area (Å²) in [6.07, 6.45) is 28.2. The second-order valence-electron chi connectivity index (χ2n) is 39.5. The Labute approximate surface area is 853 Å². The summed E-state index contributed by atoms with van der Waals surface area (Å²) in [6, 6.07) is 40.0. The highest BCUT2D eigenvalue weighted by molar-refractivity contribution is 14.1. The summed E-state index contributed by atoms with van der Waals surface area (Å²) in [5, 5.41) is 0. The van der Waals surface area contributed by atoms with Gasteiger partial charge in [-0.25, -0.2) is 54.2 Å². The predicted molar refractivity (Wildman–Crippen MR) is 570 cm³/mol. The number of carbonyl (C=O) groups excluding carboxylic acids is 5. The molecule has 0 atom stereocenters. The quantitative estimate of drug-likeness (QED) is 0.0197. The molecule has 2 aromatic carbocycles. The molecule has 0 saturated heterocycles. The monoisotopic (exact) mass is 2070 g/mol. The van der Waals surface area contributed by atoms with E-state index in [0.29, 0.717) is 91.9 Å². The Morgan fingerprint density at radius 2 is 0.837 bits per heavy atom. The lowest BCUT2D eigenvalue weighted by atomic mass is 10.1. The molecule has 4 saturated carbocycles. The Bertz CT molecular complexity index is 6800. The van der Waals surface area contributed by atoms with Crippen molar-refractivity contribution in [1.29, 1.82) is 0 Å². The van der Waals surface area contributed by atoms with E-state index in [0.717, 1.165) is 218 Å². The van der Waals surface area contributed by atoms with Crippen LogP contribution in [0.2, 0.25) is 0 Å². The molecular formula is C110H136FIN20O6S3. The van der Waals surface area contributed by atoms with E-state index in [4.69, 9.17) is 29.3 Å². The van der Waals surface area contributed by atoms with Gasteiger partial charge < -0.3 is 51.8 Å². The van der Waals surface area contributed by atoms with Gasteiger partial charge in [0.05, 0.1) is 58.5 Å². The summed E-state index contributed by atoms with van der Waals surface area (Å²) in [4.78, 5) is 125. The van der Waals surface area contributed by atoms with Crippen molar-refractivity contribution < 1.29 is 32.8 Å². The van der Waals surface area contributed by atoms with Gasteiger partial charge in [0.2, 0.25) is 0 Å². The summed E-state index contributed by atoms with van der Waals surface area (Å²) >= 11 is 7.18. The number of hydrogen-bond acceptors (Lipinski definition) is 19. The maximum atomic E-state index is 14.6. The first-order valence-electron chi connectivity index (χ1n) is 50.3. The molecule has 0 spiro atoms. The topological polar surface area (TPSA) is 268 Å². The number of rotatable bonds is 39. The normalized spacial score (nSPS) is 13.5. The molecule has 0 N–H and O–H groups in total. The molecule has 4 fully saturated rings. The van der Waals surface area contributed by atoms with Gasteiger partial charge in [0, 0.05) is 116 Å². The number of benzene rings is 2. The molecule has 26 nitrogen and oxygen atoms in total. The molecule has 5 amide bonds. The zero-order valence-corrected chi connectivity index (χ0v) is 89.0. The number of halogens is 2. The van der Waals surface area contributed by atoms with Crippen LogP contribution < -0.4 is 0 Å². The van der Waals surface area contributed by atoms with Gasteiger partial charge in [-0.1, -0.05) is 86.4 Å². The fraction of sp³-hybridized carbons (Fsp3) is 0.464. The average Bonchev–Trinajstić information content (AvgIpc) is 1.64. The van der Waals surface area contributed by atoms with Crippen LogP contribution in [0.5, 0.6) is 0 Å². The van der Waals surface area contributed by atoms with E-state index in [-0.39, 0.29) is 35.1 Å². The maximum absolute atomic E-state index is 14.6. The zero-order chi connectivity index (χ0) is 99.7. The minimum atomic E-state index is -0.448. The van der Waals surface area contributed by atoms with Gasteiger partial charge in [-0.05, 0) is 303 Å². The van der Waals surface area contributed by atoms with Crippen LogP contribution in [0.4, 0.5) is 4.39 Å². The predicted octanol–water partition coefficient (Wildman–Crippen LogP) is 24.1. The molecule has 19 rings (SSSR count). The van der Waals surface area contributed by atoms with Crippen LogP contribution in [0.3, 0.4) is 0 Å². The Balaban J connectivity index is 0.000000133. The number of aryl methyl sites for hydroxylation is 6. The molecule has 744 valence electrons. The lowest BCUT2D eigenvalue weighted by Gasteiger charge is -2.24. The number of imidazole rings is 5. The van der Waals surface area contributed by atoms with Gasteiger partial charge in [0.15, 0.2) is 28.2 Å². The van der Waals surface area contributed by atoms with Crippen molar-refractivity contribution in [3.63, 3.8) is 0 Å². The smallest absolute Gasteiger partial charge is 0.264 e. The second kappa shape index (κ2) is 48.6. The summed E-state index contributed by atoms with van der Waals surface area (Å²) in [7, 11) is 1.83. The summed E-state index contributed by atoms with van der Waals surface area (Å²) in [6.45, 7) is 36.5. The Kier molecular flexibility index (Phi) is 35.8. The first kappa shape index (κ1) is 104. The molecule has 13 aromatic heterocycles. The van der Waals surface area contributed by atoms with Crippen molar-refractivity contribution in [2.45, 2.75) is 256 Å². The number of aromatic nitrogens is 15. The number of furan rings is 1. The number of hydrogen-bond donors (Lipinski definition) is 0. The molecule has 141 heavy (non-hydrogen) atoms. The number of unbranched alkanes of at least 4 members (excludes halogenated alkanes) is 2. The highest BCUT2D eigenvalue weighted by Gasteiger charge is 2.34. The van der Waals surface area contributed by atoms with E-state index >= 15 is 0 Å². The van der Waals surface area contributed by atoms with Crippen molar-refractivity contribution in [1.82, 2.24) is 97.2 Å². The molecule has 0 bridgehead atoms. The van der Waals surface area contributed by atoms with Crippen molar-refractivity contribution in [2.24, 2.45) is 41.4 Å². The van der Waals surface area contributed by atoms with Gasteiger partial charge >= 0.3 is 0 Å². The summed E-state index contributed by atoms with van der Waals surface area (Å²) in [5.74, 6) is 9.81. The number of thiophene rings is 2. The van der Waals surface area contributed by atoms with Crippen LogP contribution in [0.15, 0.2) is 167 Å². The summed E-state index contributed by atoms with van der Waals surface area (Å²) in [5.41, 5.74) is 11.8. The van der Waals surface area contributed by atoms with E-state index in [1.54, 1.807) is 81.8 Å². The standard InChI is InChI=1S/C23H29FN4O.C23H30N4O2.C23H30N4OS.C22H28N4OS2.C19H19IN4O/c1-5-13-28-20(26-19-10-7-12-25-22(19)28)15-27(14-11-16(2)3)23(29)18-9-6-8-17(4)21(18)24;1-15(2)9-11-26(23(28)19-12-16(3)29-17(19)4)14-21-25-20-6-5-10-24-22(20)27(21)13-18-7-8-18;1-4-5-6-12-26(23(28)19-13-16(2)29-17(19)3)15-21-25-20-8-7-11-24-22(20)27(21)14-18-9-10-18;1-15(2)10-12-25(22(27)18-8-9-20(28-3)29-18)14-19-24-17-5-4-11-23-21(17)26(19)13-16-6-7-16;1-23(19(25)14-4-2-5-15(20)10-14)12-17-22-16-6-3-9-21-18(16)24(17)11-13-7-8-13/h6-10,12,16H,5,11,13-15H2,1-4H3;5-6,10,12,15,18H,7-9,11,13-14H2,1-4H3;7-8,11,13,18H,4-6,9-10,12,14-15H2,1-3H3;4-5,8-9,11,15-16H,6-7,10,12-14H2,1-3H3;2-6,9-10,13H,7-8,11-12H2,1H3. The zero-order valence-electron chi connectivity index (χ0n) is 84.4. The Morgan fingerprint density at radius 1 is 0.440 bits per heavy atom. The first-order chi connectivity index (χ1) is 68.1. The molecular weight excluding hydrogens is 1940 g/mol. The molecule has 0 radical (unpaired) electrons. The lowest BCUT2D eigenvalue weighted by Crippen LogP contribution is -2.34. The van der Waals surface area contributed by atoms with Crippen molar-refractivity contribution in [3.8, 4) is 0 Å². The highest BCUT2D eigenvalue weighted by Crippen LogP contribution is 2.38. The number of carbonyl (C=O) groups is 5. The fourth-order valence-corrected chi connectivity index (χ4v) is 20.4. The van der Waals surface area contributed by atoms with Gasteiger partial charge in [-0.15, -0.1) is 34.4 Å². The van der Waals surface area contributed by atoms with E-state index in [1.165, 1.54) is 60.5 Å². The Hall–Kier alpha value is -11.4. The van der Waals surface area contributed by atoms with Gasteiger partial charge in [-0.3, -0.25) is 24.0 Å². The van der Waals surface area contributed by atoms with E-state index in [2.05, 4.69) is 133 Å². The minimum absolute atomic E-state index is 0.0107. The number of nitrogens with zero attached hydrogens (tertiary/aromatic N) is 20. The molecule has 31 heteroatoms. The highest BCUT2D eigenvalue weighted by atomic mass is 127. The van der Waals surface area contributed by atoms with Crippen LogP contribution in [0, 0.1) is 85.4 Å². The van der Waals surface area contributed by atoms with Crippen molar-refractivity contribution in [2.75, 3.05) is 39.5 Å². The third kappa shape index (κ3) is 27.5. The molecule has 13 heterocycles. The van der Waals surface area contributed by atoms with E-state index in [9.17, 15) is 28.4 Å². The minimum Gasteiger partial charge on any atom is -0.466 e. The lowest BCUT2D eigenvalue weighted by molar-refractivity contribution is 0.0718. The molecule has 4 aliphatic carbocycles.